The number of benzene rings is 1. The summed E-state index contributed by atoms with van der Waals surface area (Å²) >= 11 is 0. The van der Waals surface area contributed by atoms with Crippen LogP contribution in [0.2, 0.25) is 0 Å². The van der Waals surface area contributed by atoms with Crippen LogP contribution in [0, 0.1) is 13.8 Å². The molecule has 0 N–H and O–H groups in total. The monoisotopic (exact) mass is 257 g/mol. The number of hydrogen-bond donors (Lipinski definition) is 0. The molecule has 0 aromatic heterocycles. The number of carbonyl (C=O) groups excluding carboxylic acids is 1. The molecule has 1 aliphatic rings. The predicted octanol–water partition coefficient (Wildman–Crippen LogP) is 3.41. The van der Waals surface area contributed by atoms with E-state index in [9.17, 15) is 4.79 Å². The molecule has 1 fully saturated rings. The van der Waals surface area contributed by atoms with Crippen LogP contribution in [0.3, 0.4) is 0 Å². The third-order valence-corrected chi connectivity index (χ3v) is 4.25. The van der Waals surface area contributed by atoms with Gasteiger partial charge in [-0.05, 0) is 39.7 Å². The number of aryl methyl sites for hydroxylation is 2. The third kappa shape index (κ3) is 2.58. The van der Waals surface area contributed by atoms with Crippen molar-refractivity contribution < 1.29 is 4.79 Å². The Kier molecular flexibility index (Phi) is 3.53. The summed E-state index contributed by atoms with van der Waals surface area (Å²) in [4.78, 5) is 13.9. The predicted molar refractivity (Wildman–Crippen MR) is 79.2 cm³/mol. The van der Waals surface area contributed by atoms with Crippen LogP contribution in [0.15, 0.2) is 30.5 Å². The molecule has 2 rings (SSSR count). The summed E-state index contributed by atoms with van der Waals surface area (Å²) < 4.78 is 0. The van der Waals surface area contributed by atoms with Crippen LogP contribution in [-0.4, -0.2) is 22.8 Å². The van der Waals surface area contributed by atoms with E-state index in [1.165, 1.54) is 16.7 Å². The van der Waals surface area contributed by atoms with Crippen molar-refractivity contribution >= 4 is 5.78 Å². The van der Waals surface area contributed by atoms with E-state index in [4.69, 9.17) is 0 Å². The van der Waals surface area contributed by atoms with Gasteiger partial charge in [0.15, 0.2) is 5.78 Å². The molecule has 1 atom stereocenters. The number of hydrogen-bond acceptors (Lipinski definition) is 2. The van der Waals surface area contributed by atoms with Crippen LogP contribution < -0.4 is 0 Å². The number of carbonyl (C=O) groups is 1. The average Bonchev–Trinajstić information content (AvgIpc) is 2.24. The number of likely N-dealkylation sites (tertiary alicyclic amines) is 1. The molecule has 2 nitrogen and oxygen atoms in total. The van der Waals surface area contributed by atoms with Crippen LogP contribution >= 0.6 is 0 Å². The summed E-state index contributed by atoms with van der Waals surface area (Å²) in [6.07, 6.45) is 1.76. The van der Waals surface area contributed by atoms with E-state index >= 15 is 0 Å². The SMILES string of the molecule is C=C(Cc1cc(C)cc(C)c1)N1CCC1(C)C(C)=O. The molecule has 2 heteroatoms. The highest BCUT2D eigenvalue weighted by Gasteiger charge is 2.44. The summed E-state index contributed by atoms with van der Waals surface area (Å²) in [5.74, 6) is 0.236. The second-order valence-corrected chi connectivity index (χ2v) is 5.97. The maximum Gasteiger partial charge on any atom is 0.155 e. The third-order valence-electron chi connectivity index (χ3n) is 4.25. The molecule has 0 bridgehead atoms. The minimum Gasteiger partial charge on any atom is -0.362 e. The quantitative estimate of drug-likeness (QED) is 0.824. The van der Waals surface area contributed by atoms with Crippen molar-refractivity contribution in [1.82, 2.24) is 4.90 Å². The van der Waals surface area contributed by atoms with Gasteiger partial charge in [0.2, 0.25) is 0 Å². The first kappa shape index (κ1) is 13.9. The Bertz CT molecular complexity index is 512. The Balaban J connectivity index is 2.12. The van der Waals surface area contributed by atoms with Crippen molar-refractivity contribution in [2.45, 2.75) is 46.1 Å². The van der Waals surface area contributed by atoms with Crippen molar-refractivity contribution in [3.63, 3.8) is 0 Å². The van der Waals surface area contributed by atoms with Crippen molar-refractivity contribution in [2.24, 2.45) is 0 Å². The molecule has 1 aromatic rings. The molecule has 1 aliphatic heterocycles. The molecule has 0 spiro atoms. The van der Waals surface area contributed by atoms with Gasteiger partial charge in [-0.2, -0.15) is 0 Å². The van der Waals surface area contributed by atoms with Gasteiger partial charge in [0, 0.05) is 18.7 Å². The first-order valence-corrected chi connectivity index (χ1v) is 6.86. The van der Waals surface area contributed by atoms with E-state index in [2.05, 4.69) is 43.5 Å². The van der Waals surface area contributed by atoms with E-state index in [-0.39, 0.29) is 11.3 Å². The second kappa shape index (κ2) is 4.84. The first-order chi connectivity index (χ1) is 8.83. The van der Waals surface area contributed by atoms with Gasteiger partial charge in [0.1, 0.15) is 0 Å². The number of allylic oxidation sites excluding steroid dienone is 1. The van der Waals surface area contributed by atoms with Gasteiger partial charge in [0.05, 0.1) is 5.54 Å². The second-order valence-electron chi connectivity index (χ2n) is 5.97. The summed E-state index contributed by atoms with van der Waals surface area (Å²) in [5.41, 5.74) is 4.56. The van der Waals surface area contributed by atoms with E-state index < -0.39 is 0 Å². The number of nitrogens with zero attached hydrogens (tertiary/aromatic N) is 1. The van der Waals surface area contributed by atoms with Crippen molar-refractivity contribution in [2.75, 3.05) is 6.54 Å². The molecule has 0 saturated carbocycles. The smallest absolute Gasteiger partial charge is 0.155 e. The van der Waals surface area contributed by atoms with Crippen LogP contribution in [-0.2, 0) is 11.2 Å². The Morgan fingerprint density at radius 1 is 1.32 bits per heavy atom. The lowest BCUT2D eigenvalue weighted by Gasteiger charge is -2.51. The molecule has 1 saturated heterocycles. The van der Waals surface area contributed by atoms with Gasteiger partial charge >= 0.3 is 0 Å². The highest BCUT2D eigenvalue weighted by molar-refractivity contribution is 5.87. The topological polar surface area (TPSA) is 20.3 Å². The van der Waals surface area contributed by atoms with Gasteiger partial charge in [-0.1, -0.05) is 35.9 Å². The zero-order valence-electron chi connectivity index (χ0n) is 12.4. The molecule has 1 unspecified atom stereocenters. The van der Waals surface area contributed by atoms with Crippen molar-refractivity contribution in [3.05, 3.63) is 47.2 Å². The molecule has 102 valence electrons. The molecule has 1 heterocycles. The largest absolute Gasteiger partial charge is 0.362 e. The van der Waals surface area contributed by atoms with Crippen LogP contribution in [0.4, 0.5) is 0 Å². The minimum atomic E-state index is -0.323. The average molecular weight is 257 g/mol. The Morgan fingerprint density at radius 3 is 2.32 bits per heavy atom. The Hall–Kier alpha value is -1.57. The Labute approximate surface area is 116 Å². The van der Waals surface area contributed by atoms with E-state index in [1.807, 2.05) is 6.92 Å². The molecule has 0 aliphatic carbocycles. The van der Waals surface area contributed by atoms with E-state index in [0.29, 0.717) is 0 Å². The number of Topliss-reactive ketones (excluding diaryl/α,β-unsaturated/α-hetero) is 1. The molecular weight excluding hydrogens is 234 g/mol. The fraction of sp³-hybridized carbons (Fsp3) is 0.471. The zero-order valence-corrected chi connectivity index (χ0v) is 12.4. The maximum atomic E-state index is 11.7. The molecule has 0 amide bonds. The normalized spacial score (nSPS) is 22.0. The molecule has 19 heavy (non-hydrogen) atoms. The standard InChI is InChI=1S/C17H23NO/c1-12-8-13(2)10-16(9-12)11-14(3)18-7-6-17(18,5)15(4)19/h8-10H,3,6-7,11H2,1-2,4-5H3. The Morgan fingerprint density at radius 2 is 1.89 bits per heavy atom. The summed E-state index contributed by atoms with van der Waals surface area (Å²) in [5, 5.41) is 0. The number of rotatable bonds is 4. The van der Waals surface area contributed by atoms with Crippen molar-refractivity contribution in [3.8, 4) is 0 Å². The van der Waals surface area contributed by atoms with E-state index in [0.717, 1.165) is 25.1 Å². The van der Waals surface area contributed by atoms with Crippen LogP contribution in [0.1, 0.15) is 37.0 Å². The van der Waals surface area contributed by atoms with Crippen LogP contribution in [0.25, 0.3) is 0 Å². The lowest BCUT2D eigenvalue weighted by Crippen LogP contribution is -2.61. The fourth-order valence-electron chi connectivity index (χ4n) is 2.93. The first-order valence-electron chi connectivity index (χ1n) is 6.86. The fourth-order valence-corrected chi connectivity index (χ4v) is 2.93. The van der Waals surface area contributed by atoms with Crippen molar-refractivity contribution in [1.29, 1.82) is 0 Å². The molecule has 0 radical (unpaired) electrons. The van der Waals surface area contributed by atoms with Gasteiger partial charge in [-0.25, -0.2) is 0 Å². The van der Waals surface area contributed by atoms with Gasteiger partial charge in [-0.3, -0.25) is 4.79 Å². The van der Waals surface area contributed by atoms with E-state index in [1.54, 1.807) is 6.92 Å². The van der Waals surface area contributed by atoms with Gasteiger partial charge < -0.3 is 4.90 Å². The van der Waals surface area contributed by atoms with Crippen LogP contribution in [0.5, 0.6) is 0 Å². The summed E-state index contributed by atoms with van der Waals surface area (Å²) in [6.45, 7) is 13.1. The highest BCUT2D eigenvalue weighted by Crippen LogP contribution is 2.35. The summed E-state index contributed by atoms with van der Waals surface area (Å²) in [7, 11) is 0. The lowest BCUT2D eigenvalue weighted by atomic mass is 9.82. The maximum absolute atomic E-state index is 11.7. The molecule has 1 aromatic carbocycles. The zero-order chi connectivity index (χ0) is 14.2. The summed E-state index contributed by atoms with van der Waals surface area (Å²) in [6, 6.07) is 6.57. The number of ketones is 1. The highest BCUT2D eigenvalue weighted by atomic mass is 16.1. The van der Waals surface area contributed by atoms with Gasteiger partial charge in [-0.15, -0.1) is 0 Å². The molecular formula is C17H23NO. The van der Waals surface area contributed by atoms with Gasteiger partial charge in [0.25, 0.3) is 0 Å². The lowest BCUT2D eigenvalue weighted by molar-refractivity contribution is -0.133. The minimum absolute atomic E-state index is 0.236.